The third-order valence-electron chi connectivity index (χ3n) is 2.73. The summed E-state index contributed by atoms with van der Waals surface area (Å²) in [5.41, 5.74) is 2.86. The summed E-state index contributed by atoms with van der Waals surface area (Å²) in [5.74, 6) is 0.881. The van der Waals surface area contributed by atoms with Gasteiger partial charge in [0.2, 0.25) is 0 Å². The third-order valence-corrected chi connectivity index (χ3v) is 2.73. The fourth-order valence-corrected chi connectivity index (χ4v) is 1.87. The van der Waals surface area contributed by atoms with Crippen LogP contribution in [-0.2, 0) is 0 Å². The molecule has 0 fully saturated rings. The first-order valence-electron chi connectivity index (χ1n) is 5.89. The van der Waals surface area contributed by atoms with Gasteiger partial charge in [0.15, 0.2) is 5.65 Å². The van der Waals surface area contributed by atoms with Crippen LogP contribution in [0.15, 0.2) is 49.1 Å². The highest BCUT2D eigenvalue weighted by molar-refractivity contribution is 5.62. The van der Waals surface area contributed by atoms with E-state index in [2.05, 4.69) is 9.97 Å². The Morgan fingerprint density at radius 2 is 2.06 bits per heavy atom. The first kappa shape index (κ1) is 10.8. The second-order valence-corrected chi connectivity index (χ2v) is 3.93. The minimum Gasteiger partial charge on any atom is -0.494 e. The molecule has 2 heterocycles. The lowest BCUT2D eigenvalue weighted by Gasteiger charge is -2.02. The third kappa shape index (κ3) is 1.93. The quantitative estimate of drug-likeness (QED) is 0.705. The standard InChI is InChI=1S/C14H13N3O/c1-2-18-12-5-3-11(4-6-12)13-10-17-8-7-15-9-14(17)16-13/h3-10H,2H2,1H3. The molecule has 3 rings (SSSR count). The Morgan fingerprint density at radius 1 is 1.22 bits per heavy atom. The Morgan fingerprint density at radius 3 is 2.78 bits per heavy atom. The van der Waals surface area contributed by atoms with Crippen molar-refractivity contribution < 1.29 is 4.74 Å². The molecule has 18 heavy (non-hydrogen) atoms. The van der Waals surface area contributed by atoms with E-state index in [1.165, 1.54) is 0 Å². The van der Waals surface area contributed by atoms with E-state index in [0.717, 1.165) is 22.7 Å². The van der Waals surface area contributed by atoms with Gasteiger partial charge in [-0.05, 0) is 31.2 Å². The SMILES string of the molecule is CCOc1ccc(-c2cn3ccncc3n2)cc1. The fraction of sp³-hybridized carbons (Fsp3) is 0.143. The summed E-state index contributed by atoms with van der Waals surface area (Å²) < 4.78 is 7.38. The van der Waals surface area contributed by atoms with Gasteiger partial charge in [0, 0.05) is 24.2 Å². The molecule has 0 aliphatic carbocycles. The summed E-state index contributed by atoms with van der Waals surface area (Å²) in [5, 5.41) is 0. The molecule has 0 aliphatic heterocycles. The van der Waals surface area contributed by atoms with E-state index in [9.17, 15) is 0 Å². The van der Waals surface area contributed by atoms with E-state index >= 15 is 0 Å². The number of aromatic nitrogens is 3. The number of hydrogen-bond donors (Lipinski definition) is 0. The molecule has 0 bridgehead atoms. The summed E-state index contributed by atoms with van der Waals surface area (Å²) in [4.78, 5) is 8.57. The maximum atomic E-state index is 5.42. The molecular formula is C14H13N3O. The molecule has 0 saturated carbocycles. The molecule has 0 radical (unpaired) electrons. The highest BCUT2D eigenvalue weighted by Gasteiger charge is 2.04. The smallest absolute Gasteiger partial charge is 0.155 e. The van der Waals surface area contributed by atoms with Crippen molar-refractivity contribution in [2.45, 2.75) is 6.92 Å². The van der Waals surface area contributed by atoms with Crippen LogP contribution in [0.5, 0.6) is 5.75 Å². The zero-order chi connectivity index (χ0) is 12.4. The molecule has 90 valence electrons. The summed E-state index contributed by atoms with van der Waals surface area (Å²) in [6, 6.07) is 7.95. The van der Waals surface area contributed by atoms with Gasteiger partial charge in [0.05, 0.1) is 18.5 Å². The van der Waals surface area contributed by atoms with Crippen LogP contribution >= 0.6 is 0 Å². The van der Waals surface area contributed by atoms with Crippen LogP contribution < -0.4 is 4.74 Å². The number of nitrogens with zero attached hydrogens (tertiary/aromatic N) is 3. The van der Waals surface area contributed by atoms with Crippen LogP contribution in [0, 0.1) is 0 Å². The van der Waals surface area contributed by atoms with E-state index < -0.39 is 0 Å². The average Bonchev–Trinajstić information content (AvgIpc) is 2.84. The largest absolute Gasteiger partial charge is 0.494 e. The Balaban J connectivity index is 1.98. The number of benzene rings is 1. The molecule has 0 aliphatic rings. The Labute approximate surface area is 105 Å². The van der Waals surface area contributed by atoms with Gasteiger partial charge < -0.3 is 9.14 Å². The first-order chi connectivity index (χ1) is 8.86. The summed E-state index contributed by atoms with van der Waals surface area (Å²) >= 11 is 0. The van der Waals surface area contributed by atoms with Gasteiger partial charge in [0.1, 0.15) is 5.75 Å². The Kier molecular flexibility index (Phi) is 2.68. The van der Waals surface area contributed by atoms with Crippen LogP contribution in [0.25, 0.3) is 16.9 Å². The molecule has 4 heteroatoms. The van der Waals surface area contributed by atoms with Gasteiger partial charge >= 0.3 is 0 Å². The van der Waals surface area contributed by atoms with Gasteiger partial charge in [-0.25, -0.2) is 4.98 Å². The van der Waals surface area contributed by atoms with Gasteiger partial charge in [-0.2, -0.15) is 0 Å². The number of hydrogen-bond acceptors (Lipinski definition) is 3. The zero-order valence-electron chi connectivity index (χ0n) is 10.1. The molecule has 0 spiro atoms. The Hall–Kier alpha value is -2.36. The molecule has 0 N–H and O–H groups in total. The van der Waals surface area contributed by atoms with Crippen LogP contribution in [0.1, 0.15) is 6.92 Å². The van der Waals surface area contributed by atoms with Crippen LogP contribution in [-0.4, -0.2) is 21.0 Å². The van der Waals surface area contributed by atoms with E-state index in [4.69, 9.17) is 4.74 Å². The topological polar surface area (TPSA) is 39.4 Å². The van der Waals surface area contributed by atoms with E-state index in [-0.39, 0.29) is 0 Å². The van der Waals surface area contributed by atoms with Gasteiger partial charge in [0.25, 0.3) is 0 Å². The van der Waals surface area contributed by atoms with Gasteiger partial charge in [-0.3, -0.25) is 4.98 Å². The minimum absolute atomic E-state index is 0.680. The summed E-state index contributed by atoms with van der Waals surface area (Å²) in [7, 11) is 0. The van der Waals surface area contributed by atoms with Crippen molar-refractivity contribution >= 4 is 5.65 Å². The monoisotopic (exact) mass is 239 g/mol. The number of fused-ring (bicyclic) bond motifs is 1. The van der Waals surface area contributed by atoms with Crippen molar-refractivity contribution in [3.63, 3.8) is 0 Å². The normalized spacial score (nSPS) is 10.7. The van der Waals surface area contributed by atoms with Crippen molar-refractivity contribution in [1.82, 2.24) is 14.4 Å². The number of imidazole rings is 1. The predicted octanol–water partition coefficient (Wildman–Crippen LogP) is 2.80. The number of rotatable bonds is 3. The molecule has 0 unspecified atom stereocenters. The molecule has 3 aromatic rings. The van der Waals surface area contributed by atoms with E-state index in [1.807, 2.05) is 48.0 Å². The van der Waals surface area contributed by atoms with Crippen LogP contribution in [0.2, 0.25) is 0 Å². The maximum Gasteiger partial charge on any atom is 0.155 e. The summed E-state index contributed by atoms with van der Waals surface area (Å²) in [6.45, 7) is 2.66. The molecule has 0 amide bonds. The predicted molar refractivity (Wildman–Crippen MR) is 69.6 cm³/mol. The second-order valence-electron chi connectivity index (χ2n) is 3.93. The highest BCUT2D eigenvalue weighted by Crippen LogP contribution is 2.21. The van der Waals surface area contributed by atoms with Crippen molar-refractivity contribution in [2.75, 3.05) is 6.61 Å². The zero-order valence-corrected chi connectivity index (χ0v) is 10.1. The van der Waals surface area contributed by atoms with Crippen molar-refractivity contribution in [2.24, 2.45) is 0 Å². The first-order valence-corrected chi connectivity index (χ1v) is 5.89. The molecule has 0 saturated heterocycles. The van der Waals surface area contributed by atoms with Gasteiger partial charge in [-0.15, -0.1) is 0 Å². The maximum absolute atomic E-state index is 5.42. The molecule has 0 atom stereocenters. The average molecular weight is 239 g/mol. The van der Waals surface area contributed by atoms with Crippen molar-refractivity contribution in [3.8, 4) is 17.0 Å². The lowest BCUT2D eigenvalue weighted by atomic mass is 10.2. The lowest BCUT2D eigenvalue weighted by molar-refractivity contribution is 0.340. The fourth-order valence-electron chi connectivity index (χ4n) is 1.87. The van der Waals surface area contributed by atoms with Crippen molar-refractivity contribution in [3.05, 3.63) is 49.1 Å². The van der Waals surface area contributed by atoms with Crippen LogP contribution in [0.4, 0.5) is 0 Å². The van der Waals surface area contributed by atoms with Gasteiger partial charge in [-0.1, -0.05) is 0 Å². The molecular weight excluding hydrogens is 226 g/mol. The molecule has 1 aromatic carbocycles. The molecule has 2 aromatic heterocycles. The number of ether oxygens (including phenoxy) is 1. The lowest BCUT2D eigenvalue weighted by Crippen LogP contribution is -1.90. The summed E-state index contributed by atoms with van der Waals surface area (Å²) in [6.07, 6.45) is 7.38. The van der Waals surface area contributed by atoms with Crippen molar-refractivity contribution in [1.29, 1.82) is 0 Å². The van der Waals surface area contributed by atoms with E-state index in [1.54, 1.807) is 12.4 Å². The minimum atomic E-state index is 0.680. The Bertz CT molecular complexity index is 625. The van der Waals surface area contributed by atoms with E-state index in [0.29, 0.717) is 6.61 Å². The highest BCUT2D eigenvalue weighted by atomic mass is 16.5. The van der Waals surface area contributed by atoms with Crippen LogP contribution in [0.3, 0.4) is 0 Å². The second kappa shape index (κ2) is 4.49. The molecule has 4 nitrogen and oxygen atoms in total.